The third-order valence-corrected chi connectivity index (χ3v) is 4.05. The number of H-pyrrole nitrogens is 1. The zero-order valence-electron chi connectivity index (χ0n) is 11.2. The summed E-state index contributed by atoms with van der Waals surface area (Å²) in [5.41, 5.74) is 1.23. The molecule has 1 aliphatic rings. The second-order valence-electron chi connectivity index (χ2n) is 5.16. The molecule has 0 bridgehead atoms. The fourth-order valence-electron chi connectivity index (χ4n) is 2.77. The molecule has 3 rings (SSSR count). The summed E-state index contributed by atoms with van der Waals surface area (Å²) in [6.45, 7) is 0. The van der Waals surface area contributed by atoms with Crippen LogP contribution >= 0.6 is 0 Å². The van der Waals surface area contributed by atoms with Gasteiger partial charge in [-0.05, 0) is 25.7 Å². The summed E-state index contributed by atoms with van der Waals surface area (Å²) < 4.78 is 6.90. The van der Waals surface area contributed by atoms with Gasteiger partial charge in [0.2, 0.25) is 0 Å². The molecule has 0 unspecified atom stereocenters. The molecule has 0 aliphatic heterocycles. The van der Waals surface area contributed by atoms with E-state index < -0.39 is 0 Å². The fourth-order valence-corrected chi connectivity index (χ4v) is 2.77. The van der Waals surface area contributed by atoms with Crippen LogP contribution in [0.5, 0.6) is 0 Å². The van der Waals surface area contributed by atoms with Gasteiger partial charge >= 0.3 is 5.69 Å². The van der Waals surface area contributed by atoms with Crippen molar-refractivity contribution >= 4 is 11.2 Å². The van der Waals surface area contributed by atoms with Crippen LogP contribution in [0.25, 0.3) is 11.2 Å². The van der Waals surface area contributed by atoms with Crippen molar-refractivity contribution < 1.29 is 4.74 Å². The quantitative estimate of drug-likeness (QED) is 0.886. The Kier molecular flexibility index (Phi) is 3.10. The highest BCUT2D eigenvalue weighted by Crippen LogP contribution is 2.32. The van der Waals surface area contributed by atoms with Crippen LogP contribution in [0.3, 0.4) is 0 Å². The van der Waals surface area contributed by atoms with Crippen LogP contribution in [0.1, 0.15) is 37.4 Å². The van der Waals surface area contributed by atoms with Gasteiger partial charge in [-0.2, -0.15) is 0 Å². The van der Waals surface area contributed by atoms with Crippen molar-refractivity contribution in [3.05, 3.63) is 22.5 Å². The normalized spacial score (nSPS) is 23.9. The average Bonchev–Trinajstić information content (AvgIpc) is 2.74. The molecule has 1 N–H and O–H groups in total. The highest BCUT2D eigenvalue weighted by atomic mass is 16.5. The van der Waals surface area contributed by atoms with E-state index >= 15 is 0 Å². The predicted molar refractivity (Wildman–Crippen MR) is 71.1 cm³/mol. The lowest BCUT2D eigenvalue weighted by atomic mass is 9.87. The van der Waals surface area contributed by atoms with Crippen molar-refractivity contribution in [2.24, 2.45) is 7.05 Å². The molecule has 1 aliphatic carbocycles. The van der Waals surface area contributed by atoms with Crippen LogP contribution in [-0.4, -0.2) is 32.7 Å². The molecule has 6 heteroatoms. The standard InChI is InChI=1S/C13H18N4O2/c1-17-10-7-14-11(15-12(10)16-13(17)18)8-3-5-9(19-2)6-4-8/h7-9H,3-6H2,1-2H3,(H,14,15,16,18)/t8-,9-. The van der Waals surface area contributed by atoms with E-state index in [9.17, 15) is 4.79 Å². The highest BCUT2D eigenvalue weighted by Gasteiger charge is 2.24. The van der Waals surface area contributed by atoms with Crippen LogP contribution in [0, 0.1) is 0 Å². The number of nitrogens with zero attached hydrogens (tertiary/aromatic N) is 3. The lowest BCUT2D eigenvalue weighted by Crippen LogP contribution is -2.20. The topological polar surface area (TPSA) is 72.8 Å². The third kappa shape index (κ3) is 2.16. The fraction of sp³-hybridized carbons (Fsp3) is 0.615. The number of imidazole rings is 1. The zero-order chi connectivity index (χ0) is 13.4. The van der Waals surface area contributed by atoms with Crippen molar-refractivity contribution in [2.45, 2.75) is 37.7 Å². The number of aryl methyl sites for hydroxylation is 1. The highest BCUT2D eigenvalue weighted by molar-refractivity contribution is 5.69. The summed E-state index contributed by atoms with van der Waals surface area (Å²) >= 11 is 0. The monoisotopic (exact) mass is 262 g/mol. The first kappa shape index (κ1) is 12.3. The molecule has 2 aromatic heterocycles. The van der Waals surface area contributed by atoms with Crippen molar-refractivity contribution in [2.75, 3.05) is 7.11 Å². The van der Waals surface area contributed by atoms with Gasteiger partial charge in [-0.1, -0.05) is 0 Å². The third-order valence-electron chi connectivity index (χ3n) is 4.05. The number of nitrogens with one attached hydrogen (secondary N) is 1. The smallest absolute Gasteiger partial charge is 0.327 e. The number of methoxy groups -OCH3 is 1. The maximum atomic E-state index is 11.5. The Hall–Kier alpha value is -1.69. The Labute approximate surface area is 110 Å². The number of hydrogen-bond donors (Lipinski definition) is 1. The largest absolute Gasteiger partial charge is 0.381 e. The van der Waals surface area contributed by atoms with Gasteiger partial charge in [0.25, 0.3) is 0 Å². The van der Waals surface area contributed by atoms with Gasteiger partial charge < -0.3 is 4.74 Å². The Bertz CT molecular complexity index is 638. The predicted octanol–water partition coefficient (Wildman–Crippen LogP) is 1.33. The van der Waals surface area contributed by atoms with Gasteiger partial charge in [0.1, 0.15) is 11.3 Å². The molecule has 0 atom stereocenters. The summed E-state index contributed by atoms with van der Waals surface area (Å²) in [5, 5.41) is 0. The van der Waals surface area contributed by atoms with Crippen LogP contribution in [0.2, 0.25) is 0 Å². The second kappa shape index (κ2) is 4.77. The molecule has 2 heterocycles. The summed E-state index contributed by atoms with van der Waals surface area (Å²) in [6, 6.07) is 0. The number of ether oxygens (including phenoxy) is 1. The van der Waals surface area contributed by atoms with E-state index in [0.29, 0.717) is 17.7 Å². The van der Waals surface area contributed by atoms with Gasteiger partial charge in [-0.25, -0.2) is 14.8 Å². The van der Waals surface area contributed by atoms with Gasteiger partial charge in [0, 0.05) is 20.1 Å². The van der Waals surface area contributed by atoms with Gasteiger partial charge in [-0.3, -0.25) is 9.55 Å². The first-order valence-electron chi connectivity index (χ1n) is 6.63. The van der Waals surface area contributed by atoms with Crippen LogP contribution in [0.4, 0.5) is 0 Å². The summed E-state index contributed by atoms with van der Waals surface area (Å²) in [6.07, 6.45) is 6.29. The van der Waals surface area contributed by atoms with Crippen LogP contribution in [-0.2, 0) is 11.8 Å². The van der Waals surface area contributed by atoms with Gasteiger partial charge in [-0.15, -0.1) is 0 Å². The minimum atomic E-state index is -0.149. The summed E-state index contributed by atoms with van der Waals surface area (Å²) in [4.78, 5) is 23.2. The Morgan fingerprint density at radius 1 is 1.37 bits per heavy atom. The number of rotatable bonds is 2. The molecule has 1 saturated carbocycles. The van der Waals surface area contributed by atoms with E-state index in [0.717, 1.165) is 37.0 Å². The first-order chi connectivity index (χ1) is 9.19. The maximum Gasteiger partial charge on any atom is 0.327 e. The summed E-state index contributed by atoms with van der Waals surface area (Å²) in [7, 11) is 3.48. The summed E-state index contributed by atoms with van der Waals surface area (Å²) in [5.74, 6) is 1.21. The molecule has 0 spiro atoms. The zero-order valence-corrected chi connectivity index (χ0v) is 11.2. The number of aromatic amines is 1. The molecule has 6 nitrogen and oxygen atoms in total. The average molecular weight is 262 g/mol. The van der Waals surface area contributed by atoms with E-state index in [1.807, 2.05) is 0 Å². The van der Waals surface area contributed by atoms with Gasteiger partial charge in [0.05, 0.1) is 12.3 Å². The van der Waals surface area contributed by atoms with E-state index in [-0.39, 0.29) is 5.69 Å². The lowest BCUT2D eigenvalue weighted by Gasteiger charge is -2.26. The van der Waals surface area contributed by atoms with E-state index in [1.165, 1.54) is 4.57 Å². The first-order valence-corrected chi connectivity index (χ1v) is 6.63. The number of aromatic nitrogens is 4. The van der Waals surface area contributed by atoms with Crippen molar-refractivity contribution in [1.82, 2.24) is 19.5 Å². The van der Waals surface area contributed by atoms with Crippen molar-refractivity contribution in [1.29, 1.82) is 0 Å². The molecule has 1 fully saturated rings. The second-order valence-corrected chi connectivity index (χ2v) is 5.16. The molecule has 19 heavy (non-hydrogen) atoms. The molecule has 0 aromatic carbocycles. The molecule has 2 aromatic rings. The number of hydrogen-bond acceptors (Lipinski definition) is 4. The minimum Gasteiger partial charge on any atom is -0.381 e. The lowest BCUT2D eigenvalue weighted by molar-refractivity contribution is 0.0651. The molecule has 0 amide bonds. The molecular formula is C13H18N4O2. The Balaban J connectivity index is 1.88. The molecule has 0 saturated heterocycles. The Morgan fingerprint density at radius 2 is 2.11 bits per heavy atom. The van der Waals surface area contributed by atoms with Crippen molar-refractivity contribution in [3.8, 4) is 0 Å². The van der Waals surface area contributed by atoms with E-state index in [2.05, 4.69) is 15.0 Å². The van der Waals surface area contributed by atoms with Crippen LogP contribution < -0.4 is 5.69 Å². The van der Waals surface area contributed by atoms with E-state index in [4.69, 9.17) is 4.74 Å². The molecular weight excluding hydrogens is 244 g/mol. The van der Waals surface area contributed by atoms with E-state index in [1.54, 1.807) is 20.4 Å². The van der Waals surface area contributed by atoms with Crippen LogP contribution in [0.15, 0.2) is 11.0 Å². The SMILES string of the molecule is CO[C@H]1CC[C@H](c2ncc3c(n2)[nH]c(=O)n3C)CC1. The van der Waals surface area contributed by atoms with Gasteiger partial charge in [0.15, 0.2) is 5.65 Å². The Morgan fingerprint density at radius 3 is 2.79 bits per heavy atom. The minimum absolute atomic E-state index is 0.149. The number of fused-ring (bicyclic) bond motifs is 1. The molecule has 0 radical (unpaired) electrons. The molecule has 102 valence electrons. The van der Waals surface area contributed by atoms with Crippen molar-refractivity contribution in [3.63, 3.8) is 0 Å². The maximum absolute atomic E-state index is 11.5.